The van der Waals surface area contributed by atoms with Crippen LogP contribution >= 0.6 is 0 Å². The van der Waals surface area contributed by atoms with Crippen molar-refractivity contribution in [3.05, 3.63) is 90.5 Å². The summed E-state index contributed by atoms with van der Waals surface area (Å²) in [6.45, 7) is 0. The van der Waals surface area contributed by atoms with Crippen molar-refractivity contribution in [2.24, 2.45) is 0 Å². The van der Waals surface area contributed by atoms with Gasteiger partial charge in [0.1, 0.15) is 0 Å². The summed E-state index contributed by atoms with van der Waals surface area (Å²) >= 11 is 0. The largest absolute Gasteiger partial charge is 0.309 e. The Balaban J connectivity index is 1.97. The van der Waals surface area contributed by atoms with Crippen LogP contribution in [0, 0.1) is 11.3 Å². The fourth-order valence-corrected chi connectivity index (χ4v) is 3.70. The maximum Gasteiger partial charge on any atom is 0.0991 e. The molecule has 0 saturated heterocycles. The van der Waals surface area contributed by atoms with E-state index in [-0.39, 0.29) is 0 Å². The van der Waals surface area contributed by atoms with Crippen LogP contribution in [-0.2, 0) is 0 Å². The first-order valence-electron chi connectivity index (χ1n) is 8.28. The van der Waals surface area contributed by atoms with E-state index < -0.39 is 0 Å². The summed E-state index contributed by atoms with van der Waals surface area (Å²) in [5.74, 6) is 0. The molecule has 0 spiro atoms. The van der Waals surface area contributed by atoms with Gasteiger partial charge in [-0.2, -0.15) is 5.26 Å². The van der Waals surface area contributed by atoms with Crippen molar-refractivity contribution in [2.45, 2.75) is 0 Å². The lowest BCUT2D eigenvalue weighted by atomic mass is 10.0. The van der Waals surface area contributed by atoms with Gasteiger partial charge in [0.15, 0.2) is 0 Å². The SMILES string of the molecule is N#Cc1ccc(-n2c3ccccc3c3c4ccccc4ccc32)cc1. The van der Waals surface area contributed by atoms with Crippen molar-refractivity contribution in [1.29, 1.82) is 5.26 Å². The maximum absolute atomic E-state index is 9.06. The predicted octanol–water partition coefficient (Wildman–Crippen LogP) is 5.81. The zero-order chi connectivity index (χ0) is 16.8. The topological polar surface area (TPSA) is 28.7 Å². The van der Waals surface area contributed by atoms with Crippen LogP contribution in [0.2, 0.25) is 0 Å². The Morgan fingerprint density at radius 2 is 1.36 bits per heavy atom. The number of fused-ring (bicyclic) bond motifs is 5. The van der Waals surface area contributed by atoms with Gasteiger partial charge < -0.3 is 4.57 Å². The molecule has 1 aromatic heterocycles. The highest BCUT2D eigenvalue weighted by molar-refractivity contribution is 6.21. The van der Waals surface area contributed by atoms with Crippen LogP contribution in [0.4, 0.5) is 0 Å². The first-order chi connectivity index (χ1) is 12.4. The van der Waals surface area contributed by atoms with Crippen LogP contribution in [0.25, 0.3) is 38.3 Å². The molecule has 0 aliphatic carbocycles. The molecule has 0 radical (unpaired) electrons. The lowest BCUT2D eigenvalue weighted by Gasteiger charge is -2.08. The van der Waals surface area contributed by atoms with Crippen LogP contribution in [0.5, 0.6) is 0 Å². The molecule has 0 aliphatic heterocycles. The maximum atomic E-state index is 9.06. The van der Waals surface area contributed by atoms with E-state index in [9.17, 15) is 0 Å². The van der Waals surface area contributed by atoms with E-state index in [2.05, 4.69) is 71.3 Å². The zero-order valence-electron chi connectivity index (χ0n) is 13.5. The number of hydrogen-bond acceptors (Lipinski definition) is 1. The lowest BCUT2D eigenvalue weighted by Crippen LogP contribution is -1.93. The van der Waals surface area contributed by atoms with Crippen molar-refractivity contribution in [1.82, 2.24) is 4.57 Å². The van der Waals surface area contributed by atoms with Crippen molar-refractivity contribution in [2.75, 3.05) is 0 Å². The molecule has 25 heavy (non-hydrogen) atoms. The van der Waals surface area contributed by atoms with Crippen molar-refractivity contribution < 1.29 is 0 Å². The molecule has 1 heterocycles. The highest BCUT2D eigenvalue weighted by Crippen LogP contribution is 2.36. The van der Waals surface area contributed by atoms with E-state index in [0.29, 0.717) is 5.56 Å². The summed E-state index contributed by atoms with van der Waals surface area (Å²) < 4.78 is 2.28. The molecule has 0 fully saturated rings. The van der Waals surface area contributed by atoms with E-state index in [1.54, 1.807) is 0 Å². The molecule has 5 aromatic rings. The predicted molar refractivity (Wildman–Crippen MR) is 103 cm³/mol. The average Bonchev–Trinajstić information content (AvgIpc) is 3.03. The molecule has 4 aromatic carbocycles. The zero-order valence-corrected chi connectivity index (χ0v) is 13.5. The highest BCUT2D eigenvalue weighted by Gasteiger charge is 2.14. The molecule has 0 amide bonds. The molecular weight excluding hydrogens is 304 g/mol. The Morgan fingerprint density at radius 1 is 0.640 bits per heavy atom. The van der Waals surface area contributed by atoms with Crippen molar-refractivity contribution in [3.63, 3.8) is 0 Å². The van der Waals surface area contributed by atoms with Crippen LogP contribution in [0.15, 0.2) is 84.9 Å². The smallest absolute Gasteiger partial charge is 0.0991 e. The van der Waals surface area contributed by atoms with Crippen LogP contribution in [-0.4, -0.2) is 4.57 Å². The van der Waals surface area contributed by atoms with E-state index in [1.165, 1.54) is 32.6 Å². The van der Waals surface area contributed by atoms with Gasteiger partial charge in [0.2, 0.25) is 0 Å². The number of nitriles is 1. The molecule has 116 valence electrons. The molecule has 2 nitrogen and oxygen atoms in total. The van der Waals surface area contributed by atoms with E-state index in [1.807, 2.05) is 24.3 Å². The minimum atomic E-state index is 0.676. The van der Waals surface area contributed by atoms with Gasteiger partial charge in [-0.05, 0) is 47.2 Å². The lowest BCUT2D eigenvalue weighted by molar-refractivity contribution is 1.18. The van der Waals surface area contributed by atoms with Crippen molar-refractivity contribution >= 4 is 32.6 Å². The molecule has 0 saturated carbocycles. The summed E-state index contributed by atoms with van der Waals surface area (Å²) in [5.41, 5.74) is 4.11. The molecule has 0 atom stereocenters. The van der Waals surface area contributed by atoms with Gasteiger partial charge >= 0.3 is 0 Å². The second kappa shape index (κ2) is 5.22. The number of nitrogens with zero attached hydrogens (tertiary/aromatic N) is 2. The fourth-order valence-electron chi connectivity index (χ4n) is 3.70. The number of benzene rings is 4. The minimum absolute atomic E-state index is 0.676. The molecule has 0 N–H and O–H groups in total. The number of rotatable bonds is 1. The van der Waals surface area contributed by atoms with Gasteiger partial charge in [-0.1, -0.05) is 48.5 Å². The second-order valence-electron chi connectivity index (χ2n) is 6.19. The molecule has 2 heteroatoms. The van der Waals surface area contributed by atoms with Gasteiger partial charge in [-0.15, -0.1) is 0 Å². The van der Waals surface area contributed by atoms with Gasteiger partial charge in [-0.25, -0.2) is 0 Å². The van der Waals surface area contributed by atoms with Gasteiger partial charge in [0, 0.05) is 16.5 Å². The second-order valence-corrected chi connectivity index (χ2v) is 6.19. The van der Waals surface area contributed by atoms with Gasteiger partial charge in [0.05, 0.1) is 22.7 Å². The summed E-state index contributed by atoms with van der Waals surface area (Å²) in [7, 11) is 0. The monoisotopic (exact) mass is 318 g/mol. The quantitative estimate of drug-likeness (QED) is 0.383. The standard InChI is InChI=1S/C23H14N2/c24-15-16-9-12-18(13-10-16)25-21-8-4-3-7-20(21)23-19-6-2-1-5-17(19)11-14-22(23)25/h1-14H. The van der Waals surface area contributed by atoms with E-state index >= 15 is 0 Å². The summed E-state index contributed by atoms with van der Waals surface area (Å²) in [4.78, 5) is 0. The molecule has 0 aliphatic rings. The summed E-state index contributed by atoms with van der Waals surface area (Å²) in [5, 5.41) is 14.1. The molecular formula is C23H14N2. The Hall–Kier alpha value is -3.57. The first kappa shape index (κ1) is 13.8. The fraction of sp³-hybridized carbons (Fsp3) is 0. The third kappa shape index (κ3) is 1.96. The third-order valence-electron chi connectivity index (χ3n) is 4.82. The Morgan fingerprint density at radius 3 is 2.16 bits per heavy atom. The van der Waals surface area contributed by atoms with Crippen LogP contribution < -0.4 is 0 Å². The van der Waals surface area contributed by atoms with E-state index in [0.717, 1.165) is 5.69 Å². The Bertz CT molecular complexity index is 1290. The van der Waals surface area contributed by atoms with Gasteiger partial charge in [0.25, 0.3) is 0 Å². The minimum Gasteiger partial charge on any atom is -0.309 e. The summed E-state index contributed by atoms with van der Waals surface area (Å²) in [6.07, 6.45) is 0. The number of para-hydroxylation sites is 1. The summed E-state index contributed by atoms with van der Waals surface area (Å²) in [6, 6.07) is 31.3. The van der Waals surface area contributed by atoms with Crippen molar-refractivity contribution in [3.8, 4) is 11.8 Å². The highest BCUT2D eigenvalue weighted by atomic mass is 15.0. The average molecular weight is 318 g/mol. The molecule has 0 unspecified atom stereocenters. The number of hydrogen-bond donors (Lipinski definition) is 0. The third-order valence-corrected chi connectivity index (χ3v) is 4.82. The Kier molecular flexibility index (Phi) is 2.89. The molecule has 0 bridgehead atoms. The normalized spacial score (nSPS) is 11.2. The first-order valence-corrected chi connectivity index (χ1v) is 8.28. The number of aromatic nitrogens is 1. The van der Waals surface area contributed by atoms with Crippen LogP contribution in [0.1, 0.15) is 5.56 Å². The van der Waals surface area contributed by atoms with Gasteiger partial charge in [-0.3, -0.25) is 0 Å². The van der Waals surface area contributed by atoms with Crippen LogP contribution in [0.3, 0.4) is 0 Å². The van der Waals surface area contributed by atoms with E-state index in [4.69, 9.17) is 5.26 Å². The Labute approximate surface area is 145 Å². The molecule has 5 rings (SSSR count).